The Balaban J connectivity index is 1.53. The molecular weight excluding hydrogens is 318 g/mol. The number of aryl methyl sites for hydroxylation is 1. The fraction of sp³-hybridized carbons (Fsp3) is 0.500. The van der Waals surface area contributed by atoms with Crippen molar-refractivity contribution in [3.8, 4) is 0 Å². The van der Waals surface area contributed by atoms with E-state index in [0.29, 0.717) is 13.1 Å². The van der Waals surface area contributed by atoms with Gasteiger partial charge in [-0.1, -0.05) is 19.1 Å². The van der Waals surface area contributed by atoms with E-state index in [9.17, 15) is 9.59 Å². The van der Waals surface area contributed by atoms with E-state index < -0.39 is 11.8 Å². The first-order valence-corrected chi connectivity index (χ1v) is 8.92. The normalized spacial score (nSPS) is 21.5. The maximum atomic E-state index is 12.0. The number of piperazine rings is 2. The van der Waals surface area contributed by atoms with Crippen LogP contribution in [0.5, 0.6) is 0 Å². The molecule has 1 atom stereocenters. The topological polar surface area (TPSA) is 70.5 Å². The van der Waals surface area contributed by atoms with Gasteiger partial charge >= 0.3 is 11.8 Å². The molecule has 0 saturated carbocycles. The second-order valence-electron chi connectivity index (χ2n) is 6.77. The van der Waals surface area contributed by atoms with Gasteiger partial charge in [0.05, 0.1) is 23.6 Å². The lowest BCUT2D eigenvalue weighted by Crippen LogP contribution is -2.65. The standard InChI is InChI=1S/C18H23N5O2/c1-2-7-23-15-6-4-3-5-14(15)20-16(23)12-21-8-9-22-13(11-21)10-19-17(24)18(22)25/h3-6,13H,2,7-12H2,1H3,(H,19,24)/t13-/m1/s1. The van der Waals surface area contributed by atoms with Crippen LogP contribution in [0.25, 0.3) is 11.0 Å². The third-order valence-electron chi connectivity index (χ3n) is 5.07. The quantitative estimate of drug-likeness (QED) is 0.827. The number of hydrogen-bond donors (Lipinski definition) is 1. The summed E-state index contributed by atoms with van der Waals surface area (Å²) in [4.78, 5) is 32.3. The van der Waals surface area contributed by atoms with Gasteiger partial charge in [-0.3, -0.25) is 14.5 Å². The molecular formula is C18H23N5O2. The van der Waals surface area contributed by atoms with Crippen molar-refractivity contribution < 1.29 is 9.59 Å². The van der Waals surface area contributed by atoms with Crippen LogP contribution in [-0.4, -0.2) is 63.4 Å². The van der Waals surface area contributed by atoms with Gasteiger partial charge < -0.3 is 14.8 Å². The average molecular weight is 341 g/mol. The highest BCUT2D eigenvalue weighted by Crippen LogP contribution is 2.20. The first kappa shape index (κ1) is 16.1. The number of benzene rings is 1. The minimum Gasteiger partial charge on any atom is -0.346 e. The molecule has 2 fully saturated rings. The molecule has 2 aromatic rings. The molecule has 2 aliphatic rings. The molecule has 7 heteroatoms. The molecule has 132 valence electrons. The number of nitrogens with zero attached hydrogens (tertiary/aromatic N) is 4. The summed E-state index contributed by atoms with van der Waals surface area (Å²) in [6.07, 6.45) is 1.06. The Labute approximate surface area is 146 Å². The Hall–Kier alpha value is -2.41. The van der Waals surface area contributed by atoms with Crippen molar-refractivity contribution in [3.05, 3.63) is 30.1 Å². The molecule has 0 unspecified atom stereocenters. The highest BCUT2D eigenvalue weighted by Gasteiger charge is 2.37. The number of hydrogen-bond acceptors (Lipinski definition) is 4. The van der Waals surface area contributed by atoms with Gasteiger partial charge in [0.2, 0.25) is 0 Å². The van der Waals surface area contributed by atoms with Crippen LogP contribution < -0.4 is 5.32 Å². The first-order valence-electron chi connectivity index (χ1n) is 8.92. The van der Waals surface area contributed by atoms with Gasteiger partial charge in [-0.15, -0.1) is 0 Å². The van der Waals surface area contributed by atoms with Crippen molar-refractivity contribution in [2.45, 2.75) is 32.5 Å². The van der Waals surface area contributed by atoms with Crippen LogP contribution >= 0.6 is 0 Å². The minimum atomic E-state index is -0.477. The summed E-state index contributed by atoms with van der Waals surface area (Å²) in [5, 5.41) is 2.69. The molecule has 25 heavy (non-hydrogen) atoms. The SMILES string of the molecule is CCCn1c(CN2CCN3C(=O)C(=O)NC[C@@H]3C2)nc2ccccc21. The minimum absolute atomic E-state index is 0.0583. The van der Waals surface area contributed by atoms with E-state index in [1.54, 1.807) is 4.90 Å². The molecule has 4 rings (SSSR count). The van der Waals surface area contributed by atoms with Crippen molar-refractivity contribution in [2.75, 3.05) is 26.2 Å². The number of carbonyl (C=O) groups is 2. The summed E-state index contributed by atoms with van der Waals surface area (Å²) < 4.78 is 2.30. The zero-order valence-electron chi connectivity index (χ0n) is 14.4. The molecule has 2 saturated heterocycles. The molecule has 2 aliphatic heterocycles. The van der Waals surface area contributed by atoms with Gasteiger partial charge in [-0.05, 0) is 18.6 Å². The Morgan fingerprint density at radius 1 is 1.24 bits per heavy atom. The highest BCUT2D eigenvalue weighted by atomic mass is 16.2. The van der Waals surface area contributed by atoms with Crippen molar-refractivity contribution >= 4 is 22.8 Å². The lowest BCUT2D eigenvalue weighted by molar-refractivity contribution is -0.152. The molecule has 3 heterocycles. The van der Waals surface area contributed by atoms with Crippen molar-refractivity contribution in [1.29, 1.82) is 0 Å². The monoisotopic (exact) mass is 341 g/mol. The Kier molecular flexibility index (Phi) is 4.17. The van der Waals surface area contributed by atoms with E-state index in [-0.39, 0.29) is 6.04 Å². The third kappa shape index (κ3) is 2.89. The number of amides is 2. The van der Waals surface area contributed by atoms with E-state index in [1.807, 2.05) is 6.07 Å². The van der Waals surface area contributed by atoms with E-state index in [1.165, 1.54) is 5.52 Å². The van der Waals surface area contributed by atoms with Crippen LogP contribution in [0.4, 0.5) is 0 Å². The van der Waals surface area contributed by atoms with Gasteiger partial charge in [0.25, 0.3) is 0 Å². The van der Waals surface area contributed by atoms with Crippen LogP contribution in [0.1, 0.15) is 19.2 Å². The Morgan fingerprint density at radius 3 is 2.92 bits per heavy atom. The van der Waals surface area contributed by atoms with Gasteiger partial charge in [0.15, 0.2) is 0 Å². The van der Waals surface area contributed by atoms with E-state index in [2.05, 4.69) is 39.9 Å². The summed E-state index contributed by atoms with van der Waals surface area (Å²) in [6, 6.07) is 8.30. The summed E-state index contributed by atoms with van der Waals surface area (Å²) >= 11 is 0. The molecule has 0 bridgehead atoms. The van der Waals surface area contributed by atoms with Crippen LogP contribution in [0.15, 0.2) is 24.3 Å². The van der Waals surface area contributed by atoms with Gasteiger partial charge in [-0.2, -0.15) is 0 Å². The summed E-state index contributed by atoms with van der Waals surface area (Å²) in [6.45, 7) is 6.56. The fourth-order valence-corrected chi connectivity index (χ4v) is 3.84. The third-order valence-corrected chi connectivity index (χ3v) is 5.07. The molecule has 7 nitrogen and oxygen atoms in total. The lowest BCUT2D eigenvalue weighted by Gasteiger charge is -2.43. The number of fused-ring (bicyclic) bond motifs is 2. The fourth-order valence-electron chi connectivity index (χ4n) is 3.84. The van der Waals surface area contributed by atoms with E-state index in [4.69, 9.17) is 4.98 Å². The van der Waals surface area contributed by atoms with Crippen LogP contribution in [0.3, 0.4) is 0 Å². The predicted octanol–water partition coefficient (Wildman–Crippen LogP) is 0.589. The van der Waals surface area contributed by atoms with Gasteiger partial charge in [-0.25, -0.2) is 4.98 Å². The van der Waals surface area contributed by atoms with Crippen LogP contribution in [-0.2, 0) is 22.7 Å². The smallest absolute Gasteiger partial charge is 0.312 e. The number of rotatable bonds is 4. The molecule has 2 amide bonds. The second-order valence-corrected chi connectivity index (χ2v) is 6.77. The first-order chi connectivity index (χ1) is 12.2. The Morgan fingerprint density at radius 2 is 2.08 bits per heavy atom. The van der Waals surface area contributed by atoms with Crippen molar-refractivity contribution in [2.24, 2.45) is 0 Å². The van der Waals surface area contributed by atoms with E-state index in [0.717, 1.165) is 43.9 Å². The molecule has 1 N–H and O–H groups in total. The average Bonchev–Trinajstić information content (AvgIpc) is 2.96. The molecule has 1 aromatic heterocycles. The number of carbonyl (C=O) groups excluding carboxylic acids is 2. The van der Waals surface area contributed by atoms with Gasteiger partial charge in [0.1, 0.15) is 5.82 Å². The maximum absolute atomic E-state index is 12.0. The number of aromatic nitrogens is 2. The highest BCUT2D eigenvalue weighted by molar-refractivity contribution is 6.35. The molecule has 0 radical (unpaired) electrons. The number of para-hydroxylation sites is 2. The maximum Gasteiger partial charge on any atom is 0.312 e. The zero-order chi connectivity index (χ0) is 17.4. The lowest BCUT2D eigenvalue weighted by atomic mass is 10.1. The number of imidazole rings is 1. The molecule has 0 aliphatic carbocycles. The molecule has 0 spiro atoms. The van der Waals surface area contributed by atoms with E-state index >= 15 is 0 Å². The molecule has 1 aromatic carbocycles. The summed E-state index contributed by atoms with van der Waals surface area (Å²) in [5.41, 5.74) is 2.21. The number of nitrogens with one attached hydrogen (secondary N) is 1. The van der Waals surface area contributed by atoms with Crippen LogP contribution in [0.2, 0.25) is 0 Å². The van der Waals surface area contributed by atoms with Crippen LogP contribution in [0, 0.1) is 0 Å². The van der Waals surface area contributed by atoms with Crippen molar-refractivity contribution in [3.63, 3.8) is 0 Å². The van der Waals surface area contributed by atoms with Gasteiger partial charge in [0, 0.05) is 32.7 Å². The largest absolute Gasteiger partial charge is 0.346 e. The second kappa shape index (κ2) is 6.48. The van der Waals surface area contributed by atoms with Crippen molar-refractivity contribution in [1.82, 2.24) is 24.7 Å². The zero-order valence-corrected chi connectivity index (χ0v) is 14.4. The summed E-state index contributed by atoms with van der Waals surface area (Å²) in [5.74, 6) is 0.200. The summed E-state index contributed by atoms with van der Waals surface area (Å²) in [7, 11) is 0. The Bertz CT molecular complexity index is 815. The predicted molar refractivity (Wildman–Crippen MR) is 93.8 cm³/mol.